The van der Waals surface area contributed by atoms with E-state index in [0.29, 0.717) is 15.6 Å². The number of benzene rings is 2. The third-order valence-electron chi connectivity index (χ3n) is 4.42. The molecular weight excluding hydrogens is 487 g/mol. The standard InChI is InChI=1S/C19H13Cl4F3N2O2/c20-11-4-10(5-12(21)7-11)14-15(19(14,22)23)17(30)28-13-3-1-2-9(6-13)16(29)27-8-18(24,25)26/h1-7,14-15H,8H2,(H,27,29)(H,28,30)/t14-,15+/m1/s1. The summed E-state index contributed by atoms with van der Waals surface area (Å²) in [5.74, 6) is -2.83. The second kappa shape index (κ2) is 8.46. The first kappa shape index (κ1) is 23.0. The van der Waals surface area contributed by atoms with Crippen molar-refractivity contribution in [3.05, 3.63) is 63.6 Å². The van der Waals surface area contributed by atoms with Gasteiger partial charge in [0.2, 0.25) is 5.91 Å². The summed E-state index contributed by atoms with van der Waals surface area (Å²) in [4.78, 5) is 24.6. The predicted molar refractivity (Wildman–Crippen MR) is 111 cm³/mol. The number of halogens is 7. The maximum atomic E-state index is 12.7. The van der Waals surface area contributed by atoms with Crippen molar-refractivity contribution >= 4 is 63.9 Å². The van der Waals surface area contributed by atoms with Crippen molar-refractivity contribution in [1.29, 1.82) is 0 Å². The molecule has 0 spiro atoms. The first-order valence-corrected chi connectivity index (χ1v) is 9.99. The number of rotatable bonds is 5. The second-order valence-electron chi connectivity index (χ2n) is 6.70. The molecule has 3 rings (SSSR count). The number of carbonyl (C=O) groups is 2. The molecule has 1 fully saturated rings. The molecule has 2 atom stereocenters. The van der Waals surface area contributed by atoms with E-state index in [1.165, 1.54) is 30.3 Å². The molecule has 160 valence electrons. The zero-order chi connectivity index (χ0) is 22.3. The predicted octanol–water partition coefficient (Wildman–Crippen LogP) is 5.81. The summed E-state index contributed by atoms with van der Waals surface area (Å²) in [7, 11) is 0. The third kappa shape index (κ3) is 5.32. The number of amides is 2. The highest BCUT2D eigenvalue weighted by molar-refractivity contribution is 6.53. The second-order valence-corrected chi connectivity index (χ2v) is 9.02. The van der Waals surface area contributed by atoms with E-state index < -0.39 is 40.7 Å². The van der Waals surface area contributed by atoms with Crippen LogP contribution in [-0.2, 0) is 4.79 Å². The molecule has 0 heterocycles. The van der Waals surface area contributed by atoms with Crippen LogP contribution in [0.5, 0.6) is 0 Å². The SMILES string of the molecule is O=C(NCC(F)(F)F)c1cccc(NC(=O)[C@@H]2[C@@H](c3cc(Cl)cc(Cl)c3)C2(Cl)Cl)c1. The molecule has 0 unspecified atom stereocenters. The fourth-order valence-electron chi connectivity index (χ4n) is 3.06. The molecule has 1 aliphatic rings. The maximum Gasteiger partial charge on any atom is 0.405 e. The van der Waals surface area contributed by atoms with Crippen molar-refractivity contribution < 1.29 is 22.8 Å². The molecule has 0 bridgehead atoms. The monoisotopic (exact) mass is 498 g/mol. The number of carbonyl (C=O) groups excluding carboxylic acids is 2. The van der Waals surface area contributed by atoms with Gasteiger partial charge in [0.15, 0.2) is 0 Å². The topological polar surface area (TPSA) is 58.2 Å². The summed E-state index contributed by atoms with van der Waals surface area (Å²) < 4.78 is 35.4. The van der Waals surface area contributed by atoms with Crippen LogP contribution in [0.2, 0.25) is 10.0 Å². The minimum Gasteiger partial charge on any atom is -0.343 e. The first-order valence-electron chi connectivity index (χ1n) is 8.48. The van der Waals surface area contributed by atoms with Crippen molar-refractivity contribution in [3.63, 3.8) is 0 Å². The van der Waals surface area contributed by atoms with Crippen LogP contribution in [0, 0.1) is 5.92 Å². The van der Waals surface area contributed by atoms with E-state index in [9.17, 15) is 22.8 Å². The van der Waals surface area contributed by atoms with Gasteiger partial charge in [0.1, 0.15) is 10.9 Å². The summed E-state index contributed by atoms with van der Waals surface area (Å²) >= 11 is 24.6. The van der Waals surface area contributed by atoms with E-state index in [-0.39, 0.29) is 11.3 Å². The van der Waals surface area contributed by atoms with Crippen molar-refractivity contribution in [3.8, 4) is 0 Å². The number of hydrogen-bond acceptors (Lipinski definition) is 2. The van der Waals surface area contributed by atoms with Gasteiger partial charge in [-0.15, -0.1) is 23.2 Å². The van der Waals surface area contributed by atoms with E-state index >= 15 is 0 Å². The summed E-state index contributed by atoms with van der Waals surface area (Å²) in [6, 6.07) is 10.2. The van der Waals surface area contributed by atoms with Gasteiger partial charge in [-0.25, -0.2) is 0 Å². The van der Waals surface area contributed by atoms with Gasteiger partial charge in [0.05, 0.1) is 5.92 Å². The lowest BCUT2D eigenvalue weighted by molar-refractivity contribution is -0.123. The number of anilines is 1. The van der Waals surface area contributed by atoms with Gasteiger partial charge in [-0.3, -0.25) is 9.59 Å². The van der Waals surface area contributed by atoms with E-state index in [2.05, 4.69) is 5.32 Å². The summed E-state index contributed by atoms with van der Waals surface area (Å²) in [5.41, 5.74) is 0.755. The average Bonchev–Trinajstić information content (AvgIpc) is 3.21. The summed E-state index contributed by atoms with van der Waals surface area (Å²) in [5, 5.41) is 5.07. The van der Waals surface area contributed by atoms with Crippen LogP contribution in [0.3, 0.4) is 0 Å². The number of nitrogens with one attached hydrogen (secondary N) is 2. The molecule has 4 nitrogen and oxygen atoms in total. The molecule has 0 saturated heterocycles. The Morgan fingerprint density at radius 1 is 1.03 bits per heavy atom. The molecule has 2 aromatic carbocycles. The van der Waals surface area contributed by atoms with Crippen LogP contribution >= 0.6 is 46.4 Å². The lowest BCUT2D eigenvalue weighted by atomic mass is 10.1. The van der Waals surface area contributed by atoms with Gasteiger partial charge in [-0.2, -0.15) is 13.2 Å². The number of alkyl halides is 5. The smallest absolute Gasteiger partial charge is 0.343 e. The highest BCUT2D eigenvalue weighted by Gasteiger charge is 2.67. The zero-order valence-corrected chi connectivity index (χ0v) is 17.9. The Morgan fingerprint density at radius 2 is 1.67 bits per heavy atom. The van der Waals surface area contributed by atoms with Crippen molar-refractivity contribution in [1.82, 2.24) is 5.32 Å². The molecule has 2 amide bonds. The largest absolute Gasteiger partial charge is 0.405 e. The molecule has 2 aromatic rings. The Labute approximate surface area is 189 Å². The van der Waals surface area contributed by atoms with Gasteiger partial charge < -0.3 is 10.6 Å². The van der Waals surface area contributed by atoms with Gasteiger partial charge in [0.25, 0.3) is 5.91 Å². The van der Waals surface area contributed by atoms with Gasteiger partial charge in [-0.05, 0) is 42.0 Å². The maximum absolute atomic E-state index is 12.7. The van der Waals surface area contributed by atoms with E-state index in [1.54, 1.807) is 17.4 Å². The highest BCUT2D eigenvalue weighted by atomic mass is 35.5. The fourth-order valence-corrected chi connectivity index (χ4v) is 4.43. The van der Waals surface area contributed by atoms with E-state index in [4.69, 9.17) is 46.4 Å². The highest BCUT2D eigenvalue weighted by Crippen LogP contribution is 2.65. The van der Waals surface area contributed by atoms with Crippen LogP contribution in [0.1, 0.15) is 21.8 Å². The van der Waals surface area contributed by atoms with Crippen molar-refractivity contribution in [2.24, 2.45) is 5.92 Å². The third-order valence-corrected chi connectivity index (χ3v) is 5.80. The molecule has 0 radical (unpaired) electrons. The zero-order valence-electron chi connectivity index (χ0n) is 14.9. The quantitative estimate of drug-likeness (QED) is 0.510. The van der Waals surface area contributed by atoms with Crippen molar-refractivity contribution in [2.45, 2.75) is 16.4 Å². The fraction of sp³-hybridized carbons (Fsp3) is 0.263. The Balaban J connectivity index is 1.71. The van der Waals surface area contributed by atoms with Crippen LogP contribution in [0.25, 0.3) is 0 Å². The van der Waals surface area contributed by atoms with Crippen LogP contribution in [0.4, 0.5) is 18.9 Å². The van der Waals surface area contributed by atoms with Crippen LogP contribution < -0.4 is 10.6 Å². The Kier molecular flexibility index (Phi) is 6.49. The molecule has 0 aliphatic heterocycles. The first-order chi connectivity index (χ1) is 13.9. The minimum absolute atomic E-state index is 0.0472. The normalized spacial score (nSPS) is 19.8. The molecular formula is C19H13Cl4F3N2O2. The lowest BCUT2D eigenvalue weighted by Crippen LogP contribution is -2.33. The average molecular weight is 500 g/mol. The molecule has 2 N–H and O–H groups in total. The molecule has 0 aromatic heterocycles. The van der Waals surface area contributed by atoms with Gasteiger partial charge in [-0.1, -0.05) is 29.3 Å². The minimum atomic E-state index is -4.53. The van der Waals surface area contributed by atoms with Gasteiger partial charge >= 0.3 is 6.18 Å². The molecule has 1 aliphatic carbocycles. The Hall–Kier alpha value is -1.67. The molecule has 30 heavy (non-hydrogen) atoms. The summed E-state index contributed by atoms with van der Waals surface area (Å²) in [6.45, 7) is -1.46. The summed E-state index contributed by atoms with van der Waals surface area (Å²) in [6.07, 6.45) is -4.53. The van der Waals surface area contributed by atoms with Gasteiger partial charge in [0, 0.05) is 27.2 Å². The Morgan fingerprint density at radius 3 is 2.27 bits per heavy atom. The van der Waals surface area contributed by atoms with Crippen LogP contribution in [-0.4, -0.2) is 28.9 Å². The molecule has 11 heteroatoms. The number of hydrogen-bond donors (Lipinski definition) is 2. The van der Waals surface area contributed by atoms with Crippen LogP contribution in [0.15, 0.2) is 42.5 Å². The van der Waals surface area contributed by atoms with E-state index in [1.807, 2.05) is 0 Å². The molecule has 1 saturated carbocycles. The lowest BCUT2D eigenvalue weighted by Gasteiger charge is -2.10. The van der Waals surface area contributed by atoms with E-state index in [0.717, 1.165) is 0 Å². The Bertz CT molecular complexity index is 978. The van der Waals surface area contributed by atoms with Crippen molar-refractivity contribution in [2.75, 3.05) is 11.9 Å².